The number of hydrogen-bond donors (Lipinski definition) is 2. The van der Waals surface area contributed by atoms with Crippen LogP contribution in [0.25, 0.3) is 0 Å². The lowest BCUT2D eigenvalue weighted by Gasteiger charge is -2.38. The van der Waals surface area contributed by atoms with E-state index in [0.717, 1.165) is 25.0 Å². The monoisotopic (exact) mass is 454 g/mol. The van der Waals surface area contributed by atoms with Crippen LogP contribution in [-0.2, 0) is 15.8 Å². The Morgan fingerprint density at radius 3 is 2.44 bits per heavy atom. The Balaban J connectivity index is 1.55. The minimum absolute atomic E-state index is 0.00318. The molecule has 2 aliphatic rings. The highest BCUT2D eigenvalue weighted by molar-refractivity contribution is 5.93. The molecule has 2 amide bonds. The summed E-state index contributed by atoms with van der Waals surface area (Å²) in [6.45, 7) is 5.76. The topological polar surface area (TPSA) is 78.7 Å². The Hall–Kier alpha value is -2.13. The zero-order valence-electron chi connectivity index (χ0n) is 18.9. The number of likely N-dealkylation sites (tertiary alicyclic amines) is 2. The predicted octanol–water partition coefficient (Wildman–Crippen LogP) is 3.19. The van der Waals surface area contributed by atoms with Gasteiger partial charge in [0.1, 0.15) is 0 Å². The Morgan fingerprint density at radius 1 is 1.19 bits per heavy atom. The highest BCUT2D eigenvalue weighted by Gasteiger charge is 2.40. The van der Waals surface area contributed by atoms with Crippen LogP contribution in [0.2, 0.25) is 0 Å². The summed E-state index contributed by atoms with van der Waals surface area (Å²) in [5.41, 5.74) is 5.39. The van der Waals surface area contributed by atoms with Gasteiger partial charge in [0.15, 0.2) is 0 Å². The lowest BCUT2D eigenvalue weighted by atomic mass is 9.86. The van der Waals surface area contributed by atoms with E-state index in [-0.39, 0.29) is 35.4 Å². The molecule has 3 N–H and O–H groups in total. The Morgan fingerprint density at radius 2 is 1.84 bits per heavy atom. The van der Waals surface area contributed by atoms with Crippen molar-refractivity contribution in [3.05, 3.63) is 29.8 Å². The quantitative estimate of drug-likeness (QED) is 0.716. The van der Waals surface area contributed by atoms with Gasteiger partial charge in [0, 0.05) is 31.4 Å². The van der Waals surface area contributed by atoms with Crippen molar-refractivity contribution in [2.45, 2.75) is 51.4 Å². The minimum Gasteiger partial charge on any atom is -0.341 e. The Kier molecular flexibility index (Phi) is 7.50. The summed E-state index contributed by atoms with van der Waals surface area (Å²) >= 11 is 0. The average molecular weight is 455 g/mol. The molecule has 0 spiro atoms. The van der Waals surface area contributed by atoms with Gasteiger partial charge in [-0.2, -0.15) is 13.2 Å². The van der Waals surface area contributed by atoms with E-state index in [1.54, 1.807) is 0 Å². The number of hydrogen-bond acceptors (Lipinski definition) is 4. The van der Waals surface area contributed by atoms with Crippen molar-refractivity contribution in [2.24, 2.45) is 23.5 Å². The molecule has 3 atom stereocenters. The molecule has 32 heavy (non-hydrogen) atoms. The summed E-state index contributed by atoms with van der Waals surface area (Å²) in [7, 11) is 1.98. The second-order valence-electron chi connectivity index (χ2n) is 9.44. The maximum Gasteiger partial charge on any atom is 0.416 e. The lowest BCUT2D eigenvalue weighted by Crippen LogP contribution is -2.50. The molecular formula is C23H33F3N4O2. The molecular weight excluding hydrogens is 421 g/mol. The molecule has 2 fully saturated rings. The number of alkyl halides is 3. The van der Waals surface area contributed by atoms with E-state index in [2.05, 4.69) is 10.2 Å². The van der Waals surface area contributed by atoms with Crippen LogP contribution < -0.4 is 11.1 Å². The van der Waals surface area contributed by atoms with E-state index in [1.165, 1.54) is 12.1 Å². The molecule has 0 aliphatic carbocycles. The smallest absolute Gasteiger partial charge is 0.341 e. The summed E-state index contributed by atoms with van der Waals surface area (Å²) in [6.07, 6.45) is -2.08. The number of carbonyl (C=O) groups is 2. The molecule has 2 heterocycles. The van der Waals surface area contributed by atoms with Crippen LogP contribution >= 0.6 is 0 Å². The van der Waals surface area contributed by atoms with Gasteiger partial charge >= 0.3 is 6.18 Å². The van der Waals surface area contributed by atoms with Crippen LogP contribution in [0.1, 0.15) is 38.7 Å². The molecule has 0 saturated carbocycles. The van der Waals surface area contributed by atoms with Gasteiger partial charge in [-0.05, 0) is 56.3 Å². The van der Waals surface area contributed by atoms with E-state index in [1.807, 2.05) is 25.8 Å². The normalized spacial score (nSPS) is 24.1. The van der Waals surface area contributed by atoms with Crippen LogP contribution in [0.15, 0.2) is 24.3 Å². The van der Waals surface area contributed by atoms with Gasteiger partial charge in [0.2, 0.25) is 11.8 Å². The number of nitrogens with one attached hydrogen (secondary N) is 1. The van der Waals surface area contributed by atoms with Gasteiger partial charge < -0.3 is 20.9 Å². The van der Waals surface area contributed by atoms with Crippen molar-refractivity contribution in [1.29, 1.82) is 0 Å². The van der Waals surface area contributed by atoms with E-state index >= 15 is 0 Å². The van der Waals surface area contributed by atoms with Crippen molar-refractivity contribution in [1.82, 2.24) is 9.80 Å². The molecule has 9 heteroatoms. The largest absolute Gasteiger partial charge is 0.416 e. The van der Waals surface area contributed by atoms with Crippen molar-refractivity contribution < 1.29 is 22.8 Å². The Labute approximate surface area is 187 Å². The van der Waals surface area contributed by atoms with Gasteiger partial charge in [-0.15, -0.1) is 0 Å². The Bertz CT molecular complexity index is 822. The number of anilines is 1. The zero-order valence-corrected chi connectivity index (χ0v) is 18.9. The molecule has 1 aromatic carbocycles. The molecule has 0 aromatic heterocycles. The molecule has 2 saturated heterocycles. The van der Waals surface area contributed by atoms with Gasteiger partial charge in [0.05, 0.1) is 17.5 Å². The maximum absolute atomic E-state index is 12.9. The number of carbonyl (C=O) groups excluding carboxylic acids is 2. The van der Waals surface area contributed by atoms with Crippen molar-refractivity contribution in [2.75, 3.05) is 32.0 Å². The highest BCUT2D eigenvalue weighted by atomic mass is 19.4. The summed E-state index contributed by atoms with van der Waals surface area (Å²) in [6, 6.07) is 4.44. The van der Waals surface area contributed by atoms with Crippen LogP contribution in [-0.4, -0.2) is 60.4 Å². The summed E-state index contributed by atoms with van der Waals surface area (Å²) in [5.74, 6) is -0.0812. The van der Waals surface area contributed by atoms with Crippen LogP contribution in [0.5, 0.6) is 0 Å². The fraction of sp³-hybridized carbons (Fsp3) is 0.652. The second kappa shape index (κ2) is 9.79. The number of rotatable bonds is 5. The fourth-order valence-corrected chi connectivity index (χ4v) is 4.79. The van der Waals surface area contributed by atoms with Gasteiger partial charge in [-0.25, -0.2) is 0 Å². The third-order valence-electron chi connectivity index (χ3n) is 6.83. The molecule has 6 nitrogen and oxygen atoms in total. The number of nitrogens with two attached hydrogens (primary N) is 1. The first-order valence-electron chi connectivity index (χ1n) is 11.2. The van der Waals surface area contributed by atoms with Gasteiger partial charge in [-0.3, -0.25) is 9.59 Å². The highest BCUT2D eigenvalue weighted by Crippen LogP contribution is 2.34. The molecule has 2 aliphatic heterocycles. The van der Waals surface area contributed by atoms with Crippen LogP contribution in [0, 0.1) is 17.8 Å². The first-order valence-corrected chi connectivity index (χ1v) is 11.2. The fourth-order valence-electron chi connectivity index (χ4n) is 4.79. The standard InChI is InChI=1S/C23H33F3N4O2/c1-14(2)20(27)22(32)30-9-7-15(8-10-30)19-11-16(13-29(19)3)21(31)28-18-6-4-5-17(12-18)23(24,25)26/h4-6,12,14-16,19-20H,7-11,13,27H2,1-3H3,(H,28,31)/t16-,19+,20-/m0/s1. The molecule has 0 unspecified atom stereocenters. The molecule has 1 aromatic rings. The molecule has 0 radical (unpaired) electrons. The number of halogens is 3. The van der Waals surface area contributed by atoms with Crippen molar-refractivity contribution in [3.8, 4) is 0 Å². The number of amides is 2. The third kappa shape index (κ3) is 5.61. The van der Waals surface area contributed by atoms with E-state index < -0.39 is 17.8 Å². The van der Waals surface area contributed by atoms with E-state index in [0.29, 0.717) is 32.0 Å². The third-order valence-corrected chi connectivity index (χ3v) is 6.83. The molecule has 178 valence electrons. The predicted molar refractivity (Wildman–Crippen MR) is 117 cm³/mol. The van der Waals surface area contributed by atoms with Crippen LogP contribution in [0.4, 0.5) is 18.9 Å². The van der Waals surface area contributed by atoms with E-state index in [9.17, 15) is 22.8 Å². The van der Waals surface area contributed by atoms with Gasteiger partial charge in [0.25, 0.3) is 0 Å². The van der Waals surface area contributed by atoms with Crippen LogP contribution in [0.3, 0.4) is 0 Å². The number of benzene rings is 1. The number of piperidine rings is 1. The second-order valence-corrected chi connectivity index (χ2v) is 9.44. The molecule has 3 rings (SSSR count). The summed E-state index contributed by atoms with van der Waals surface area (Å²) < 4.78 is 38.8. The lowest BCUT2D eigenvalue weighted by molar-refractivity contribution is -0.137. The van der Waals surface area contributed by atoms with Gasteiger partial charge in [-0.1, -0.05) is 19.9 Å². The average Bonchev–Trinajstić information content (AvgIpc) is 3.14. The number of nitrogens with zero attached hydrogens (tertiary/aromatic N) is 2. The molecule has 0 bridgehead atoms. The van der Waals surface area contributed by atoms with Crippen molar-refractivity contribution in [3.63, 3.8) is 0 Å². The van der Waals surface area contributed by atoms with Crippen molar-refractivity contribution >= 4 is 17.5 Å². The van der Waals surface area contributed by atoms with E-state index in [4.69, 9.17) is 5.73 Å². The summed E-state index contributed by atoms with van der Waals surface area (Å²) in [5, 5.41) is 2.65. The summed E-state index contributed by atoms with van der Waals surface area (Å²) in [4.78, 5) is 29.3. The zero-order chi connectivity index (χ0) is 23.6. The SMILES string of the molecule is CC(C)[C@H](N)C(=O)N1CCC([C@H]2C[C@H](C(=O)Nc3cccc(C(F)(F)F)c3)CN2C)CC1. The first-order chi connectivity index (χ1) is 15.0. The first kappa shape index (κ1) is 24.5. The minimum atomic E-state index is -4.45. The maximum atomic E-state index is 12.9.